The number of nitrogens with zero attached hydrogens (tertiary/aromatic N) is 5. The van der Waals surface area contributed by atoms with Crippen LogP contribution in [0.5, 0.6) is 0 Å². The molecule has 4 rings (SSSR count). The number of guanidine groups is 1. The molecule has 0 bridgehead atoms. The molecule has 0 saturated carbocycles. The predicted molar refractivity (Wildman–Crippen MR) is 134 cm³/mol. The summed E-state index contributed by atoms with van der Waals surface area (Å²) in [6.45, 7) is 13.8. The molecule has 0 radical (unpaired) electrons. The predicted octanol–water partition coefficient (Wildman–Crippen LogP) is 4.38. The molecule has 32 heavy (non-hydrogen) atoms. The minimum atomic E-state index is 0.0470. The van der Waals surface area contributed by atoms with Gasteiger partial charge >= 0.3 is 0 Å². The minimum absolute atomic E-state index is 0.0470. The smallest absolute Gasteiger partial charge is 0.203 e. The highest BCUT2D eigenvalue weighted by molar-refractivity contribution is 7.16. The van der Waals surface area contributed by atoms with E-state index in [0.717, 1.165) is 62.9 Å². The summed E-state index contributed by atoms with van der Waals surface area (Å²) in [5.41, 5.74) is 8.57. The molecular formula is C25H38N6S. The Morgan fingerprint density at radius 1 is 1.25 bits per heavy atom. The van der Waals surface area contributed by atoms with Crippen molar-refractivity contribution in [1.82, 2.24) is 14.7 Å². The molecule has 2 N–H and O–H groups in total. The molecule has 174 valence electrons. The maximum absolute atomic E-state index is 9.77. The minimum Gasteiger partial charge on any atom is -0.389 e. The third-order valence-corrected chi connectivity index (χ3v) is 8.57. The number of likely N-dealkylation sites (tertiary alicyclic amines) is 2. The SMILES string of the molecule is C/C=C(\N=C(/N(C)CC)N1CC2(CCCc3sc(N)c(C#N)c32)C1)N1CCCC(C)(C)C1. The van der Waals surface area contributed by atoms with Gasteiger partial charge in [-0.2, -0.15) is 10.3 Å². The fourth-order valence-electron chi connectivity index (χ4n) is 5.78. The lowest BCUT2D eigenvalue weighted by Crippen LogP contribution is -2.64. The topological polar surface area (TPSA) is 71.9 Å². The van der Waals surface area contributed by atoms with Gasteiger partial charge in [0.1, 0.15) is 16.9 Å². The molecule has 1 aromatic rings. The van der Waals surface area contributed by atoms with Gasteiger partial charge in [0.15, 0.2) is 0 Å². The Balaban J connectivity index is 1.60. The highest BCUT2D eigenvalue weighted by atomic mass is 32.1. The number of aliphatic imine (C=N–C) groups is 1. The maximum Gasteiger partial charge on any atom is 0.203 e. The van der Waals surface area contributed by atoms with Crippen LogP contribution in [-0.2, 0) is 11.8 Å². The monoisotopic (exact) mass is 454 g/mol. The van der Waals surface area contributed by atoms with E-state index in [0.29, 0.717) is 10.4 Å². The van der Waals surface area contributed by atoms with Crippen molar-refractivity contribution in [3.63, 3.8) is 0 Å². The average molecular weight is 455 g/mol. The fourth-order valence-corrected chi connectivity index (χ4v) is 6.96. The summed E-state index contributed by atoms with van der Waals surface area (Å²) in [4.78, 5) is 13.7. The van der Waals surface area contributed by atoms with E-state index in [-0.39, 0.29) is 5.41 Å². The first-order valence-corrected chi connectivity index (χ1v) is 12.8. The third kappa shape index (κ3) is 3.98. The largest absolute Gasteiger partial charge is 0.389 e. The number of nitriles is 1. The number of aryl methyl sites for hydroxylation is 1. The lowest BCUT2D eigenvalue weighted by atomic mass is 9.66. The fraction of sp³-hybridized carbons (Fsp3) is 0.680. The zero-order valence-corrected chi connectivity index (χ0v) is 21.2. The second-order valence-corrected chi connectivity index (χ2v) is 11.6. The van der Waals surface area contributed by atoms with Gasteiger partial charge in [-0.05, 0) is 63.0 Å². The zero-order chi connectivity index (χ0) is 23.1. The molecule has 7 heteroatoms. The van der Waals surface area contributed by atoms with Crippen molar-refractivity contribution in [3.8, 4) is 6.07 Å². The Bertz CT molecular complexity index is 960. The standard InChI is InChI=1S/C25H38N6S/c1-6-20(30-13-9-11-24(3,4)15-30)28-23(29(5)7-2)31-16-25(17-31)12-8-10-19-21(25)18(14-26)22(27)32-19/h6H,7-13,15-17,27H2,1-5H3/b20-6+,28-23+. The first-order chi connectivity index (χ1) is 15.2. The van der Waals surface area contributed by atoms with Gasteiger partial charge in [0.05, 0.1) is 5.56 Å². The zero-order valence-electron chi connectivity index (χ0n) is 20.4. The number of thiophene rings is 1. The summed E-state index contributed by atoms with van der Waals surface area (Å²) in [7, 11) is 2.13. The molecule has 0 amide bonds. The van der Waals surface area contributed by atoms with Gasteiger partial charge < -0.3 is 20.4 Å². The summed E-state index contributed by atoms with van der Waals surface area (Å²) in [5, 5.41) is 10.5. The highest BCUT2D eigenvalue weighted by Gasteiger charge is 2.50. The van der Waals surface area contributed by atoms with Crippen molar-refractivity contribution >= 4 is 22.3 Å². The van der Waals surface area contributed by atoms with Gasteiger partial charge in [-0.3, -0.25) is 0 Å². The van der Waals surface area contributed by atoms with Gasteiger partial charge in [-0.25, -0.2) is 0 Å². The number of rotatable bonds is 3. The van der Waals surface area contributed by atoms with Crippen LogP contribution in [0.4, 0.5) is 5.00 Å². The summed E-state index contributed by atoms with van der Waals surface area (Å²) >= 11 is 1.63. The van der Waals surface area contributed by atoms with Crippen molar-refractivity contribution in [2.75, 3.05) is 45.5 Å². The van der Waals surface area contributed by atoms with Gasteiger partial charge in [0.2, 0.25) is 5.96 Å². The number of nitrogen functional groups attached to an aromatic ring is 1. The number of hydrogen-bond acceptors (Lipinski definition) is 5. The quantitative estimate of drug-likeness (QED) is 0.542. The van der Waals surface area contributed by atoms with Crippen LogP contribution in [-0.4, -0.2) is 60.4 Å². The van der Waals surface area contributed by atoms with E-state index in [1.165, 1.54) is 29.7 Å². The number of hydrogen-bond donors (Lipinski definition) is 1. The second-order valence-electron chi connectivity index (χ2n) is 10.5. The summed E-state index contributed by atoms with van der Waals surface area (Å²) in [6.07, 6.45) is 7.99. The van der Waals surface area contributed by atoms with Crippen LogP contribution < -0.4 is 5.73 Å². The Hall–Kier alpha value is -2.20. The molecule has 2 saturated heterocycles. The van der Waals surface area contributed by atoms with E-state index in [9.17, 15) is 5.26 Å². The van der Waals surface area contributed by atoms with Crippen LogP contribution in [0.25, 0.3) is 0 Å². The number of allylic oxidation sites excluding steroid dienone is 1. The van der Waals surface area contributed by atoms with Crippen molar-refractivity contribution in [1.29, 1.82) is 5.26 Å². The summed E-state index contributed by atoms with van der Waals surface area (Å²) in [6, 6.07) is 2.41. The molecule has 3 heterocycles. The summed E-state index contributed by atoms with van der Waals surface area (Å²) < 4.78 is 0. The molecule has 1 aliphatic carbocycles. The second kappa shape index (κ2) is 8.62. The van der Waals surface area contributed by atoms with E-state index < -0.39 is 0 Å². The Labute approximate surface area is 197 Å². The normalized spacial score (nSPS) is 22.4. The molecule has 1 spiro atoms. The number of nitrogens with two attached hydrogens (primary N) is 1. The number of anilines is 1. The van der Waals surface area contributed by atoms with Crippen LogP contribution >= 0.6 is 11.3 Å². The molecule has 3 aliphatic rings. The Morgan fingerprint density at radius 3 is 2.62 bits per heavy atom. The van der Waals surface area contributed by atoms with E-state index in [2.05, 4.69) is 61.6 Å². The van der Waals surface area contributed by atoms with Crippen LogP contribution in [0.2, 0.25) is 0 Å². The molecule has 1 aromatic heterocycles. The number of piperidine rings is 1. The van der Waals surface area contributed by atoms with E-state index in [1.807, 2.05) is 0 Å². The maximum atomic E-state index is 9.77. The molecule has 0 atom stereocenters. The highest BCUT2D eigenvalue weighted by Crippen LogP contribution is 2.50. The van der Waals surface area contributed by atoms with Crippen molar-refractivity contribution in [2.45, 2.75) is 65.2 Å². The molecule has 2 aliphatic heterocycles. The Kier molecular flexibility index (Phi) is 6.19. The van der Waals surface area contributed by atoms with Crippen molar-refractivity contribution < 1.29 is 0 Å². The third-order valence-electron chi connectivity index (χ3n) is 7.49. The first-order valence-electron chi connectivity index (χ1n) is 12.0. The Morgan fingerprint density at radius 2 is 2.00 bits per heavy atom. The van der Waals surface area contributed by atoms with Gasteiger partial charge in [0.25, 0.3) is 0 Å². The average Bonchev–Trinajstić information content (AvgIpc) is 3.07. The van der Waals surface area contributed by atoms with Crippen LogP contribution in [0, 0.1) is 16.7 Å². The van der Waals surface area contributed by atoms with Gasteiger partial charge in [-0.1, -0.05) is 13.8 Å². The van der Waals surface area contributed by atoms with Crippen LogP contribution in [0.3, 0.4) is 0 Å². The van der Waals surface area contributed by atoms with Crippen molar-refractivity contribution in [3.05, 3.63) is 27.9 Å². The van der Waals surface area contributed by atoms with E-state index in [1.54, 1.807) is 11.3 Å². The summed E-state index contributed by atoms with van der Waals surface area (Å²) in [5.74, 6) is 2.12. The molecular weight excluding hydrogens is 416 g/mol. The molecule has 6 nitrogen and oxygen atoms in total. The number of fused-ring (bicyclic) bond motifs is 2. The van der Waals surface area contributed by atoms with Crippen molar-refractivity contribution in [2.24, 2.45) is 10.4 Å². The molecule has 2 fully saturated rings. The van der Waals surface area contributed by atoms with Crippen LogP contribution in [0.15, 0.2) is 16.9 Å². The molecule has 0 aromatic carbocycles. The van der Waals surface area contributed by atoms with E-state index >= 15 is 0 Å². The lowest BCUT2D eigenvalue weighted by molar-refractivity contribution is 0.105. The molecule has 0 unspecified atom stereocenters. The van der Waals surface area contributed by atoms with Crippen LogP contribution in [0.1, 0.15) is 69.4 Å². The lowest BCUT2D eigenvalue weighted by Gasteiger charge is -2.54. The van der Waals surface area contributed by atoms with Gasteiger partial charge in [-0.15, -0.1) is 11.3 Å². The van der Waals surface area contributed by atoms with Gasteiger partial charge in [0, 0.05) is 50.1 Å². The van der Waals surface area contributed by atoms with E-state index in [4.69, 9.17) is 10.7 Å². The first kappa shape index (κ1) is 23.0.